The summed E-state index contributed by atoms with van der Waals surface area (Å²) in [6, 6.07) is 52.9. The highest BCUT2D eigenvalue weighted by Crippen LogP contribution is 2.69. The molecule has 7 nitrogen and oxygen atoms in total. The van der Waals surface area contributed by atoms with Crippen LogP contribution in [0.25, 0.3) is 118 Å². The molecule has 0 spiro atoms. The average Bonchev–Trinajstić information content (AvgIpc) is 1.46. The fourth-order valence-electron chi connectivity index (χ4n) is 19.2. The number of hydrogen-bond donors (Lipinski definition) is 0. The Bertz CT molecular complexity index is 5660. The molecule has 0 atom stereocenters. The molecular weight excluding hydrogens is 1720 g/mol. The molecule has 12 aromatic rings. The Kier molecular flexibility index (Phi) is 30.2. The predicted octanol–water partition coefficient (Wildman–Crippen LogP) is 37.4. The van der Waals surface area contributed by atoms with Crippen molar-refractivity contribution in [3.05, 3.63) is 230 Å². The number of nitrogens with zero attached hydrogens (tertiary/aromatic N) is 7. The second-order valence-electron chi connectivity index (χ2n) is 36.5. The van der Waals surface area contributed by atoms with Crippen molar-refractivity contribution in [2.75, 3.05) is 4.90 Å². The van der Waals surface area contributed by atoms with Crippen LogP contribution in [0.2, 0.25) is 0 Å². The van der Waals surface area contributed by atoms with Gasteiger partial charge < -0.3 is 4.90 Å². The smallest absolute Gasteiger partial charge is 0.263 e. The molecule has 3 aliphatic heterocycles. The van der Waals surface area contributed by atoms with Crippen LogP contribution >= 0.6 is 102 Å². The first-order valence-electron chi connectivity index (χ1n) is 46.6. The van der Waals surface area contributed by atoms with E-state index >= 15 is 0 Å². The summed E-state index contributed by atoms with van der Waals surface area (Å²) >= 11 is 16.8. The number of rotatable bonds is 42. The van der Waals surface area contributed by atoms with Gasteiger partial charge in [0.25, 0.3) is 11.4 Å². The van der Waals surface area contributed by atoms with Gasteiger partial charge in [0.2, 0.25) is 0 Å². The Labute approximate surface area is 792 Å². The van der Waals surface area contributed by atoms with Gasteiger partial charge in [-0.1, -0.05) is 199 Å². The Morgan fingerprint density at radius 2 is 0.520 bits per heavy atom. The Hall–Kier alpha value is -9.08. The summed E-state index contributed by atoms with van der Waals surface area (Å²) in [7, 11) is 0. The summed E-state index contributed by atoms with van der Waals surface area (Å²) in [6.07, 6.45) is 39.3. The van der Waals surface area contributed by atoms with Crippen molar-refractivity contribution < 1.29 is 0 Å². The second-order valence-corrected chi connectivity index (χ2v) is 46.2. The van der Waals surface area contributed by atoms with Gasteiger partial charge in [-0.05, 0) is 288 Å². The van der Waals surface area contributed by atoms with Crippen molar-refractivity contribution >= 4 is 137 Å². The minimum atomic E-state index is -0.452. The number of nitriles is 4. The normalized spacial score (nSPS) is 13.7. The highest BCUT2D eigenvalue weighted by Gasteiger charge is 2.53. The first-order chi connectivity index (χ1) is 61.7. The zero-order chi connectivity index (χ0) is 89.3. The molecule has 650 valence electrons. The first-order valence-corrected chi connectivity index (χ1v) is 54.0. The van der Waals surface area contributed by atoms with E-state index in [0.717, 1.165) is 91.7 Å². The maximum absolute atomic E-state index is 9.92. The Balaban J connectivity index is 0.912. The molecule has 0 saturated carbocycles. The molecule has 0 amide bonds. The van der Waals surface area contributed by atoms with E-state index in [1.54, 1.807) is 52.2 Å². The molecule has 0 aliphatic carbocycles. The minimum Gasteiger partial charge on any atom is -0.309 e. The number of allylic oxidation sites excluding steroid dienone is 3. The maximum atomic E-state index is 9.92. The zero-order valence-electron chi connectivity index (χ0n) is 76.1. The fraction of sp³-hybridized carbons (Fsp3) is 0.405. The van der Waals surface area contributed by atoms with Gasteiger partial charge in [0.15, 0.2) is 0 Å². The molecule has 12 heterocycles. The maximum Gasteiger partial charge on any atom is 0.263 e. The predicted molar refractivity (Wildman–Crippen MR) is 554 cm³/mol. The lowest BCUT2D eigenvalue weighted by atomic mass is 9.60. The molecule has 0 radical (unpaired) electrons. The molecule has 0 N–H and O–H groups in total. The van der Waals surface area contributed by atoms with E-state index in [0.29, 0.717) is 0 Å². The minimum absolute atomic E-state index is 0.117. The summed E-state index contributed by atoms with van der Waals surface area (Å²) in [4.78, 5) is 32.1. The third kappa shape index (κ3) is 19.4. The van der Waals surface area contributed by atoms with Gasteiger partial charge in [0.1, 0.15) is 17.7 Å². The lowest BCUT2D eigenvalue weighted by Crippen LogP contribution is -2.43. The largest absolute Gasteiger partial charge is 0.309 e. The van der Waals surface area contributed by atoms with E-state index in [-0.39, 0.29) is 17.0 Å². The van der Waals surface area contributed by atoms with Crippen LogP contribution in [0, 0.1) is 58.5 Å². The lowest BCUT2D eigenvalue weighted by Gasteiger charge is -2.55. The molecule has 15 rings (SSSR count). The second kappa shape index (κ2) is 41.4. The van der Waals surface area contributed by atoms with Gasteiger partial charge >= 0.3 is 0 Å². The molecular formula is C111H117N7S9. The molecule has 3 aliphatic rings. The summed E-state index contributed by atoms with van der Waals surface area (Å²) in [5.41, 5.74) is 23.1. The number of anilines is 3. The number of hydrogen-bond acceptors (Lipinski definition) is 14. The van der Waals surface area contributed by atoms with Gasteiger partial charge in [-0.3, -0.25) is 0 Å². The van der Waals surface area contributed by atoms with Gasteiger partial charge in [0, 0.05) is 104 Å². The van der Waals surface area contributed by atoms with E-state index in [1.807, 2.05) is 68.0 Å². The zero-order valence-corrected chi connectivity index (χ0v) is 83.5. The number of thiophene rings is 9. The molecule has 127 heavy (non-hydrogen) atoms. The van der Waals surface area contributed by atoms with E-state index in [9.17, 15) is 21.0 Å². The van der Waals surface area contributed by atoms with Crippen LogP contribution in [0.1, 0.15) is 319 Å². The molecule has 0 unspecified atom stereocenters. The topological polar surface area (TPSA) is 107 Å². The quantitative estimate of drug-likeness (QED) is 0.0215. The number of aryl methyl sites for hydroxylation is 6. The number of benzene rings is 3. The van der Waals surface area contributed by atoms with Gasteiger partial charge in [0.05, 0.1) is 42.3 Å². The van der Waals surface area contributed by atoms with E-state index in [2.05, 4.69) is 231 Å². The Morgan fingerprint density at radius 3 is 0.740 bits per heavy atom. The summed E-state index contributed by atoms with van der Waals surface area (Å²) in [5.74, 6) is 0. The summed E-state index contributed by atoms with van der Waals surface area (Å²) < 4.78 is 0. The lowest BCUT2D eigenvalue weighted by molar-refractivity contribution is 0.567. The highest BCUT2D eigenvalue weighted by molar-refractivity contribution is 7.29. The van der Waals surface area contributed by atoms with E-state index in [1.165, 1.54) is 289 Å². The third-order valence-electron chi connectivity index (χ3n) is 26.3. The van der Waals surface area contributed by atoms with E-state index in [4.69, 9.17) is 13.1 Å². The first kappa shape index (κ1) is 92.6. The van der Waals surface area contributed by atoms with Crippen molar-refractivity contribution in [2.24, 2.45) is 0 Å². The van der Waals surface area contributed by atoms with Crippen molar-refractivity contribution in [3.63, 3.8) is 0 Å². The van der Waals surface area contributed by atoms with Crippen LogP contribution in [0.5, 0.6) is 0 Å². The van der Waals surface area contributed by atoms with Crippen LogP contribution in [0.15, 0.2) is 126 Å². The van der Waals surface area contributed by atoms with Gasteiger partial charge in [-0.25, -0.2) is 20.2 Å². The summed E-state index contributed by atoms with van der Waals surface area (Å²) in [6.45, 7) is 44.4. The molecule has 9 aromatic heterocycles. The third-order valence-corrected chi connectivity index (χ3v) is 37.7. The van der Waals surface area contributed by atoms with Crippen LogP contribution in [0.3, 0.4) is 0 Å². The van der Waals surface area contributed by atoms with Crippen LogP contribution in [-0.2, 0) is 54.8 Å². The molecule has 16 heteroatoms. The van der Waals surface area contributed by atoms with Crippen LogP contribution in [-0.4, -0.2) is 0 Å². The molecule has 3 aromatic carbocycles. The van der Waals surface area contributed by atoms with Crippen LogP contribution in [0.4, 0.5) is 17.1 Å². The number of unbranched alkanes of at least 4 members (excludes halogenated alkanes) is 18. The SMILES string of the molecule is [C-]#[N+]/C(C#N)=C\c1cc(CCCCCC)c(-c2ccc(-c3sc(-c4cc5c6c(c4)C(C)(C)c4cc(-c7cc(CCCCCC)c(-c8ccc(-c9sc(/C=C(\C#N)[N+]#[C-])cc9CCCCCC)s8)s7)cc7c4N6c4c(cc(-c6cc(CCCCCC)c(-c8ccc(-c9sc(C=C(C#N)C#N)cc9CCCCCC)s8)s6)cc4C7(C)C)C5(C)C)cc3CCCCCC)s2)s1. The van der Waals surface area contributed by atoms with Crippen molar-refractivity contribution in [1.82, 2.24) is 0 Å². The monoisotopic (exact) mass is 1840 g/mol. The molecule has 0 bridgehead atoms. The van der Waals surface area contributed by atoms with Crippen LogP contribution < -0.4 is 4.90 Å². The standard InChI is InChI=1S/C111H117N7S9/c1-15-21-27-33-39-71-52-82(51-70(66-112)67-113)119-103(71)91-45-48-94(122-91)106-74(42-36-30-24-18-4)61-97(125-106)77-55-85-100-86(56-77)110(9,10)88-58-79(99-63-76(44-38-32-26-20-6)108(127-99)96-50-47-93(124-96)105-73(41-35-29-23-17-3)54-84(121-105)65-81(69-115)117-14)60-90-102(88)118(100)101-87(109(85,7)8)57-78(59-89(101)111(90,11)12)98-62-75(43-37-31-25-19-5)107(126-98)95-49-46-92(123-95)104-72(40-34-28-22-16-2)53-83(120-104)64-80(68-114)116-13/h45-65H,15-44H2,1-12H3/b80-64-,81-65+. The van der Waals surface area contributed by atoms with Gasteiger partial charge in [-0.15, -0.1) is 102 Å². The van der Waals surface area contributed by atoms with Crippen molar-refractivity contribution in [1.29, 1.82) is 21.0 Å². The Morgan fingerprint density at radius 1 is 0.291 bits per heavy atom. The molecule has 0 saturated heterocycles. The van der Waals surface area contributed by atoms with Crippen molar-refractivity contribution in [2.45, 2.75) is 292 Å². The average molecular weight is 1840 g/mol. The van der Waals surface area contributed by atoms with Crippen molar-refractivity contribution in [3.8, 4) is 114 Å². The van der Waals surface area contributed by atoms with Gasteiger partial charge in [-0.2, -0.15) is 10.5 Å². The van der Waals surface area contributed by atoms with E-state index < -0.39 is 16.2 Å². The summed E-state index contributed by atoms with van der Waals surface area (Å²) in [5, 5.41) is 39.6. The highest BCUT2D eigenvalue weighted by atomic mass is 32.1. The fourth-order valence-corrected chi connectivity index (χ4v) is 30.1. The molecule has 0 fully saturated rings.